The van der Waals surface area contributed by atoms with Crippen LogP contribution >= 0.6 is 0 Å². The second kappa shape index (κ2) is 6.64. The fourth-order valence-electron chi connectivity index (χ4n) is 1.43. The maximum absolute atomic E-state index is 11.6. The monoisotopic (exact) mass is 253 g/mol. The van der Waals surface area contributed by atoms with Crippen molar-refractivity contribution in [2.75, 3.05) is 13.2 Å². The van der Waals surface area contributed by atoms with E-state index in [2.05, 4.69) is 10.3 Å². The van der Waals surface area contributed by atoms with Gasteiger partial charge < -0.3 is 4.74 Å². The van der Waals surface area contributed by atoms with Crippen molar-refractivity contribution in [2.45, 2.75) is 47.1 Å². The van der Waals surface area contributed by atoms with Gasteiger partial charge in [-0.05, 0) is 6.92 Å². The molecular formula is C13H23N3O2. The van der Waals surface area contributed by atoms with E-state index in [1.165, 1.54) is 0 Å². The van der Waals surface area contributed by atoms with Crippen LogP contribution in [0.5, 0.6) is 0 Å². The van der Waals surface area contributed by atoms with Crippen LogP contribution in [0.25, 0.3) is 0 Å². The Morgan fingerprint density at radius 3 is 2.67 bits per heavy atom. The molecule has 0 atom stereocenters. The van der Waals surface area contributed by atoms with Crippen molar-refractivity contribution in [1.82, 2.24) is 15.0 Å². The number of aryl methyl sites for hydroxylation is 1. The van der Waals surface area contributed by atoms with Crippen molar-refractivity contribution in [3.63, 3.8) is 0 Å². The maximum atomic E-state index is 11.6. The van der Waals surface area contributed by atoms with Crippen molar-refractivity contribution < 1.29 is 9.53 Å². The minimum Gasteiger partial charge on any atom is -0.381 e. The Kier molecular flexibility index (Phi) is 5.47. The Hall–Kier alpha value is -1.23. The highest BCUT2D eigenvalue weighted by molar-refractivity contribution is 5.83. The first-order chi connectivity index (χ1) is 8.43. The molecule has 0 aliphatic rings. The van der Waals surface area contributed by atoms with Crippen LogP contribution < -0.4 is 0 Å². The summed E-state index contributed by atoms with van der Waals surface area (Å²) in [5.74, 6) is 0.236. The molecule has 5 nitrogen and oxygen atoms in total. The number of hydrogen-bond donors (Lipinski definition) is 0. The van der Waals surface area contributed by atoms with Crippen molar-refractivity contribution in [1.29, 1.82) is 0 Å². The predicted octanol–water partition coefficient (Wildman–Crippen LogP) is 1.86. The van der Waals surface area contributed by atoms with Crippen LogP contribution in [-0.4, -0.2) is 34.0 Å². The lowest BCUT2D eigenvalue weighted by Gasteiger charge is -2.16. The highest BCUT2D eigenvalue weighted by Crippen LogP contribution is 2.16. The quantitative estimate of drug-likeness (QED) is 0.696. The number of carbonyl (C=O) groups is 1. The molecule has 0 bridgehead atoms. The van der Waals surface area contributed by atoms with E-state index in [0.29, 0.717) is 19.6 Å². The van der Waals surface area contributed by atoms with Crippen LogP contribution in [0.3, 0.4) is 0 Å². The zero-order valence-electron chi connectivity index (χ0n) is 11.8. The zero-order chi connectivity index (χ0) is 13.6. The third kappa shape index (κ3) is 4.96. The number of Topliss-reactive ketones (excluding diaryl/α,β-unsaturated/α-hetero) is 1. The van der Waals surface area contributed by atoms with Gasteiger partial charge in [0.15, 0.2) is 0 Å². The third-order valence-corrected chi connectivity index (χ3v) is 2.72. The number of rotatable bonds is 7. The highest BCUT2D eigenvalue weighted by atomic mass is 16.5. The van der Waals surface area contributed by atoms with Crippen molar-refractivity contribution in [3.05, 3.63) is 11.9 Å². The summed E-state index contributed by atoms with van der Waals surface area (Å²) in [6.45, 7) is 9.70. The van der Waals surface area contributed by atoms with E-state index in [1.54, 1.807) is 4.68 Å². The highest BCUT2D eigenvalue weighted by Gasteiger charge is 2.20. The van der Waals surface area contributed by atoms with E-state index in [0.717, 1.165) is 18.7 Å². The number of ketones is 1. The molecule has 0 radical (unpaired) electrons. The first kappa shape index (κ1) is 14.8. The molecule has 0 fully saturated rings. The average Bonchev–Trinajstić information content (AvgIpc) is 2.75. The minimum atomic E-state index is -0.271. The van der Waals surface area contributed by atoms with Gasteiger partial charge in [0.2, 0.25) is 0 Å². The second-order valence-electron chi connectivity index (χ2n) is 5.35. The van der Waals surface area contributed by atoms with Gasteiger partial charge in [0, 0.05) is 31.0 Å². The predicted molar refractivity (Wildman–Crippen MR) is 69.3 cm³/mol. The van der Waals surface area contributed by atoms with E-state index >= 15 is 0 Å². The Labute approximate surface area is 109 Å². The molecule has 5 heteroatoms. The van der Waals surface area contributed by atoms with Crippen LogP contribution in [0.4, 0.5) is 0 Å². The Bertz CT molecular complexity index is 380. The molecular weight excluding hydrogens is 230 g/mol. The van der Waals surface area contributed by atoms with E-state index in [-0.39, 0.29) is 11.2 Å². The standard InChI is InChI=1S/C13H23N3O2/c1-5-16-10-11(14-15-16)6-8-18-9-7-12(17)13(2,3)4/h10H,5-9H2,1-4H3. The summed E-state index contributed by atoms with van der Waals surface area (Å²) < 4.78 is 7.24. The fourth-order valence-corrected chi connectivity index (χ4v) is 1.43. The summed E-state index contributed by atoms with van der Waals surface area (Å²) in [6.07, 6.45) is 3.14. The molecule has 0 saturated carbocycles. The van der Waals surface area contributed by atoms with Crippen LogP contribution in [-0.2, 0) is 22.5 Å². The summed E-state index contributed by atoms with van der Waals surface area (Å²) in [5, 5.41) is 7.98. The molecule has 0 amide bonds. The minimum absolute atomic E-state index is 0.236. The van der Waals surface area contributed by atoms with Gasteiger partial charge in [0.1, 0.15) is 5.78 Å². The van der Waals surface area contributed by atoms with Crippen LogP contribution in [0, 0.1) is 5.41 Å². The molecule has 1 heterocycles. The van der Waals surface area contributed by atoms with Gasteiger partial charge in [-0.1, -0.05) is 26.0 Å². The van der Waals surface area contributed by atoms with Gasteiger partial charge in [-0.2, -0.15) is 0 Å². The molecule has 0 unspecified atom stereocenters. The number of nitrogens with zero attached hydrogens (tertiary/aromatic N) is 3. The molecule has 0 aliphatic heterocycles. The topological polar surface area (TPSA) is 57.0 Å². The van der Waals surface area contributed by atoms with Crippen molar-refractivity contribution >= 4 is 5.78 Å². The van der Waals surface area contributed by atoms with Gasteiger partial charge >= 0.3 is 0 Å². The first-order valence-electron chi connectivity index (χ1n) is 6.43. The van der Waals surface area contributed by atoms with E-state index in [1.807, 2.05) is 33.9 Å². The maximum Gasteiger partial charge on any atom is 0.140 e. The van der Waals surface area contributed by atoms with Crippen LogP contribution in [0.15, 0.2) is 6.20 Å². The fraction of sp³-hybridized carbons (Fsp3) is 0.769. The molecule has 0 aliphatic carbocycles. The molecule has 1 aromatic rings. The lowest BCUT2D eigenvalue weighted by molar-refractivity contribution is -0.127. The van der Waals surface area contributed by atoms with Gasteiger partial charge in [0.05, 0.1) is 18.9 Å². The number of hydrogen-bond acceptors (Lipinski definition) is 4. The Balaban J connectivity index is 2.14. The molecule has 18 heavy (non-hydrogen) atoms. The number of ether oxygens (including phenoxy) is 1. The largest absolute Gasteiger partial charge is 0.381 e. The molecule has 0 spiro atoms. The average molecular weight is 253 g/mol. The van der Waals surface area contributed by atoms with Crippen molar-refractivity contribution in [2.24, 2.45) is 5.41 Å². The lowest BCUT2D eigenvalue weighted by Crippen LogP contribution is -2.21. The molecule has 0 aromatic carbocycles. The summed E-state index contributed by atoms with van der Waals surface area (Å²) in [6, 6.07) is 0. The normalized spacial score (nSPS) is 11.8. The van der Waals surface area contributed by atoms with Gasteiger partial charge in [-0.15, -0.1) is 5.10 Å². The lowest BCUT2D eigenvalue weighted by atomic mass is 9.89. The smallest absolute Gasteiger partial charge is 0.140 e. The van der Waals surface area contributed by atoms with Crippen LogP contribution in [0.2, 0.25) is 0 Å². The van der Waals surface area contributed by atoms with Gasteiger partial charge in [0.25, 0.3) is 0 Å². The second-order valence-corrected chi connectivity index (χ2v) is 5.35. The van der Waals surface area contributed by atoms with Crippen molar-refractivity contribution in [3.8, 4) is 0 Å². The van der Waals surface area contributed by atoms with E-state index < -0.39 is 0 Å². The molecule has 102 valence electrons. The number of aromatic nitrogens is 3. The molecule has 0 saturated heterocycles. The summed E-state index contributed by atoms with van der Waals surface area (Å²) >= 11 is 0. The summed E-state index contributed by atoms with van der Waals surface area (Å²) in [7, 11) is 0. The molecule has 1 rings (SSSR count). The SMILES string of the molecule is CCn1cc(CCOCCC(=O)C(C)(C)C)nn1. The van der Waals surface area contributed by atoms with Gasteiger partial charge in [-0.25, -0.2) is 0 Å². The summed E-state index contributed by atoms with van der Waals surface area (Å²) in [4.78, 5) is 11.6. The molecule has 1 aromatic heterocycles. The first-order valence-corrected chi connectivity index (χ1v) is 6.43. The zero-order valence-corrected chi connectivity index (χ0v) is 11.8. The van der Waals surface area contributed by atoms with E-state index in [4.69, 9.17) is 4.74 Å². The molecule has 0 N–H and O–H groups in total. The Morgan fingerprint density at radius 2 is 2.11 bits per heavy atom. The number of carbonyl (C=O) groups excluding carboxylic acids is 1. The van der Waals surface area contributed by atoms with Gasteiger partial charge in [-0.3, -0.25) is 9.48 Å². The summed E-state index contributed by atoms with van der Waals surface area (Å²) in [5.41, 5.74) is 0.659. The Morgan fingerprint density at radius 1 is 1.39 bits per heavy atom. The third-order valence-electron chi connectivity index (χ3n) is 2.72. The van der Waals surface area contributed by atoms with E-state index in [9.17, 15) is 4.79 Å². The van der Waals surface area contributed by atoms with Crippen LogP contribution in [0.1, 0.15) is 39.8 Å².